The van der Waals surface area contributed by atoms with Crippen LogP contribution in [0.5, 0.6) is 0 Å². The first-order valence-electron chi connectivity index (χ1n) is 12.9. The van der Waals surface area contributed by atoms with E-state index in [-0.39, 0.29) is 18.8 Å². The highest BCUT2D eigenvalue weighted by Gasteiger charge is 2.52. The third-order valence-corrected chi connectivity index (χ3v) is 7.56. The van der Waals surface area contributed by atoms with Gasteiger partial charge in [-0.3, -0.25) is 33.1 Å². The van der Waals surface area contributed by atoms with E-state index >= 15 is 0 Å². The van der Waals surface area contributed by atoms with Crippen LogP contribution in [0.2, 0.25) is 0 Å². The normalized spacial score (nSPS) is 24.8. The summed E-state index contributed by atoms with van der Waals surface area (Å²) in [6.07, 6.45) is -6.61. The van der Waals surface area contributed by atoms with Crippen molar-refractivity contribution in [3.8, 4) is 0 Å². The van der Waals surface area contributed by atoms with E-state index in [1.54, 1.807) is 41.5 Å². The van der Waals surface area contributed by atoms with E-state index in [0.717, 1.165) is 20.8 Å². The predicted octanol–water partition coefficient (Wildman–Crippen LogP) is 3.35. The lowest BCUT2D eigenvalue weighted by atomic mass is 9.89. The summed E-state index contributed by atoms with van der Waals surface area (Å²) >= 11 is 0. The Morgan fingerprint density at radius 3 is 1.73 bits per heavy atom. The largest absolute Gasteiger partial charge is 0.456 e. The Hall–Kier alpha value is -2.34. The Bertz CT molecular complexity index is 942. The van der Waals surface area contributed by atoms with Crippen molar-refractivity contribution in [1.82, 2.24) is 0 Å². The van der Waals surface area contributed by atoms with Gasteiger partial charge in [0, 0.05) is 32.6 Å². The zero-order chi connectivity index (χ0) is 31.1. The number of Topliss-reactive ketones (excluding diaryl/α,β-unsaturated/α-hetero) is 1. The molecule has 1 saturated heterocycles. The maximum atomic E-state index is 13.9. The van der Waals surface area contributed by atoms with Crippen molar-refractivity contribution in [2.75, 3.05) is 19.6 Å². The highest BCUT2D eigenvalue weighted by Crippen LogP contribution is 2.51. The van der Waals surface area contributed by atoms with Crippen LogP contribution in [0, 0.1) is 10.8 Å². The van der Waals surface area contributed by atoms with E-state index in [9.17, 15) is 28.5 Å². The zero-order valence-corrected chi connectivity index (χ0v) is 25.9. The van der Waals surface area contributed by atoms with E-state index in [4.69, 9.17) is 32.7 Å². The van der Waals surface area contributed by atoms with Crippen LogP contribution in [0.1, 0.15) is 75.7 Å². The van der Waals surface area contributed by atoms with E-state index in [2.05, 4.69) is 0 Å². The molecule has 1 aliphatic heterocycles. The van der Waals surface area contributed by atoms with Gasteiger partial charge in [0.2, 0.25) is 6.79 Å². The lowest BCUT2D eigenvalue weighted by molar-refractivity contribution is -0.240. The smallest absolute Gasteiger partial charge is 0.336 e. The third-order valence-electron chi connectivity index (χ3n) is 5.68. The minimum Gasteiger partial charge on any atom is -0.456 e. The van der Waals surface area contributed by atoms with Gasteiger partial charge in [0.25, 0.3) is 0 Å². The number of carbonyl (C=O) groups excluding carboxylic acids is 5. The van der Waals surface area contributed by atoms with Gasteiger partial charge in [0.05, 0.1) is 24.3 Å². The van der Waals surface area contributed by atoms with Crippen LogP contribution in [0.4, 0.5) is 0 Å². The molecule has 0 spiro atoms. The molecular weight excluding hydrogens is 551 g/mol. The van der Waals surface area contributed by atoms with Gasteiger partial charge in [-0.2, -0.15) is 0 Å². The molecule has 230 valence electrons. The molecule has 1 rings (SSSR count). The van der Waals surface area contributed by atoms with Crippen molar-refractivity contribution in [3.63, 3.8) is 0 Å². The first-order valence-corrected chi connectivity index (χ1v) is 14.6. The predicted molar refractivity (Wildman–Crippen MR) is 140 cm³/mol. The van der Waals surface area contributed by atoms with Gasteiger partial charge < -0.3 is 28.2 Å². The van der Waals surface area contributed by atoms with Crippen LogP contribution < -0.4 is 0 Å². The lowest BCUT2D eigenvalue weighted by Gasteiger charge is -2.44. The van der Waals surface area contributed by atoms with Gasteiger partial charge in [-0.25, -0.2) is 0 Å². The van der Waals surface area contributed by atoms with Gasteiger partial charge in [0.15, 0.2) is 18.3 Å². The summed E-state index contributed by atoms with van der Waals surface area (Å²) in [5, 5.41) is 0. The number of hydrogen-bond donors (Lipinski definition) is 0. The zero-order valence-electron chi connectivity index (χ0n) is 25.0. The number of carbonyl (C=O) groups is 5. The van der Waals surface area contributed by atoms with Crippen LogP contribution in [0.3, 0.4) is 0 Å². The van der Waals surface area contributed by atoms with Gasteiger partial charge in [-0.1, -0.05) is 20.8 Å². The number of ether oxygens (including phenoxy) is 5. The second-order valence-electron chi connectivity index (χ2n) is 11.6. The van der Waals surface area contributed by atoms with Gasteiger partial charge in [-0.15, -0.1) is 0 Å². The Morgan fingerprint density at radius 1 is 0.750 bits per heavy atom. The van der Waals surface area contributed by atoms with Crippen LogP contribution in [0.15, 0.2) is 0 Å². The number of hydrogen-bond acceptors (Lipinski definition) is 13. The Morgan fingerprint density at radius 2 is 1.25 bits per heavy atom. The molecule has 1 heterocycles. The van der Waals surface area contributed by atoms with Crippen molar-refractivity contribution in [2.45, 2.75) is 106 Å². The molecule has 1 unspecified atom stereocenters. The van der Waals surface area contributed by atoms with Crippen molar-refractivity contribution < 1.29 is 61.3 Å². The fourth-order valence-electron chi connectivity index (χ4n) is 3.65. The molecule has 0 aliphatic carbocycles. The minimum absolute atomic E-state index is 0.0848. The number of esters is 4. The molecule has 0 saturated carbocycles. The number of rotatable bonds is 12. The van der Waals surface area contributed by atoms with E-state index in [1.807, 2.05) is 0 Å². The summed E-state index contributed by atoms with van der Waals surface area (Å²) in [7, 11) is -4.21. The fourth-order valence-corrected chi connectivity index (χ4v) is 5.25. The molecule has 40 heavy (non-hydrogen) atoms. The summed E-state index contributed by atoms with van der Waals surface area (Å²) in [4.78, 5) is 60.2. The molecule has 0 radical (unpaired) electrons. The van der Waals surface area contributed by atoms with Crippen molar-refractivity contribution in [1.29, 1.82) is 0 Å². The summed E-state index contributed by atoms with van der Waals surface area (Å²) in [6.45, 7) is 14.0. The highest BCUT2D eigenvalue weighted by atomic mass is 31.2. The van der Waals surface area contributed by atoms with Crippen molar-refractivity contribution in [2.24, 2.45) is 10.8 Å². The van der Waals surface area contributed by atoms with Gasteiger partial charge >= 0.3 is 31.5 Å². The third kappa shape index (κ3) is 11.6. The first-order chi connectivity index (χ1) is 18.2. The molecule has 0 aromatic carbocycles. The van der Waals surface area contributed by atoms with Gasteiger partial charge in [-0.05, 0) is 27.7 Å². The lowest BCUT2D eigenvalue weighted by Crippen LogP contribution is -2.61. The van der Waals surface area contributed by atoms with Crippen LogP contribution in [-0.2, 0) is 61.3 Å². The second-order valence-corrected chi connectivity index (χ2v) is 13.7. The summed E-state index contributed by atoms with van der Waals surface area (Å²) in [6, 6.07) is 0. The minimum atomic E-state index is -4.21. The standard InChI is InChI=1S/C26H43O13P/c1-15-21(37-16(2)27)23(39-18(4)29)22(38-17(3)28)19(36-15)13-40(32,34-12-11-20(30)25(5,6)7)35-14-33-24(31)26(8,9)10/h15,19,21-23H,11-14H2,1-10H3/t15-,19+,21+,22+,23+,40?/m0/s1. The van der Waals surface area contributed by atoms with Crippen LogP contribution >= 0.6 is 7.60 Å². The van der Waals surface area contributed by atoms with Crippen molar-refractivity contribution >= 4 is 37.3 Å². The molecule has 0 aromatic heterocycles. The Balaban J connectivity index is 3.32. The molecule has 0 amide bonds. The van der Waals surface area contributed by atoms with E-state index in [0.29, 0.717) is 0 Å². The first kappa shape index (κ1) is 35.7. The van der Waals surface area contributed by atoms with Crippen LogP contribution in [0.25, 0.3) is 0 Å². The topological polar surface area (TPSA) is 167 Å². The second kappa shape index (κ2) is 14.5. The molecule has 0 N–H and O–H groups in total. The molecule has 14 heteroatoms. The van der Waals surface area contributed by atoms with E-state index < -0.39 is 85.8 Å². The van der Waals surface area contributed by atoms with Crippen LogP contribution in [-0.4, -0.2) is 79.7 Å². The molecule has 1 fully saturated rings. The summed E-state index contributed by atoms with van der Waals surface area (Å²) < 4.78 is 52.0. The fraction of sp³-hybridized carbons (Fsp3) is 0.808. The Labute approximate surface area is 235 Å². The average molecular weight is 595 g/mol. The average Bonchev–Trinajstić information content (AvgIpc) is 2.76. The molecular formula is C26H43O13P. The maximum Gasteiger partial charge on any atom is 0.336 e. The van der Waals surface area contributed by atoms with Gasteiger partial charge in [0.1, 0.15) is 11.9 Å². The van der Waals surface area contributed by atoms with Crippen molar-refractivity contribution in [3.05, 3.63) is 0 Å². The summed E-state index contributed by atoms with van der Waals surface area (Å²) in [5.74, 6) is -3.01. The molecule has 13 nitrogen and oxygen atoms in total. The molecule has 1 aliphatic rings. The van der Waals surface area contributed by atoms with E-state index in [1.165, 1.54) is 6.92 Å². The summed E-state index contributed by atoms with van der Waals surface area (Å²) in [5.41, 5.74) is -1.53. The number of ketones is 1. The molecule has 0 aromatic rings. The monoisotopic (exact) mass is 594 g/mol. The quantitative estimate of drug-likeness (QED) is 0.140. The maximum absolute atomic E-state index is 13.9. The highest BCUT2D eigenvalue weighted by molar-refractivity contribution is 7.53. The Kier molecular flexibility index (Phi) is 13.0. The SMILES string of the molecule is CC(=O)O[C@@H]1[C@H](OC(C)=O)[C@H](C)O[C@H](CP(=O)(OCCC(=O)C(C)(C)C)OCOC(=O)C(C)(C)C)[C@H]1OC(C)=O. The molecule has 6 atom stereocenters. The molecule has 0 bridgehead atoms.